The van der Waals surface area contributed by atoms with E-state index in [1.165, 1.54) is 0 Å². The number of nitrogens with one attached hydrogen (secondary N) is 1. The van der Waals surface area contributed by atoms with Gasteiger partial charge in [-0.1, -0.05) is 0 Å². The summed E-state index contributed by atoms with van der Waals surface area (Å²) in [6.45, 7) is 2.36. The molecule has 4 nitrogen and oxygen atoms in total. The second kappa shape index (κ2) is 5.71. The fourth-order valence-corrected chi connectivity index (χ4v) is 1.56. The van der Waals surface area contributed by atoms with E-state index in [0.29, 0.717) is 12.4 Å². The average molecular weight is 264 g/mol. The molecule has 1 aromatic carbocycles. The molecule has 1 heterocycles. The normalized spacial score (nSPS) is 12.2. The van der Waals surface area contributed by atoms with Crippen molar-refractivity contribution in [2.45, 2.75) is 13.0 Å². The van der Waals surface area contributed by atoms with Crippen molar-refractivity contribution >= 4 is 5.82 Å². The fraction of sp³-hybridized carbons (Fsp3) is 0.231. The van der Waals surface area contributed by atoms with Crippen molar-refractivity contribution in [3.05, 3.63) is 42.0 Å². The van der Waals surface area contributed by atoms with Gasteiger partial charge in [-0.2, -0.15) is 0 Å². The van der Waals surface area contributed by atoms with Crippen LogP contribution in [-0.2, 0) is 0 Å². The Morgan fingerprint density at radius 2 is 2.00 bits per heavy atom. The van der Waals surface area contributed by atoms with Crippen molar-refractivity contribution in [1.29, 1.82) is 0 Å². The quantitative estimate of drug-likeness (QED) is 0.888. The number of nitrogens with two attached hydrogens (primary N) is 1. The smallest absolute Gasteiger partial charge is 0.148 e. The van der Waals surface area contributed by atoms with Gasteiger partial charge < -0.3 is 11.1 Å². The maximum atomic E-state index is 13.6. The Morgan fingerprint density at radius 3 is 2.63 bits per heavy atom. The predicted octanol–water partition coefficient (Wildman–Crippen LogP) is 2.18. The summed E-state index contributed by atoms with van der Waals surface area (Å²) in [5.74, 6) is -0.512. The van der Waals surface area contributed by atoms with Crippen LogP contribution < -0.4 is 11.1 Å². The van der Waals surface area contributed by atoms with E-state index in [1.807, 2.05) is 6.92 Å². The van der Waals surface area contributed by atoms with Gasteiger partial charge in [0.2, 0.25) is 0 Å². The van der Waals surface area contributed by atoms with E-state index in [2.05, 4.69) is 15.5 Å². The molecule has 6 heteroatoms. The van der Waals surface area contributed by atoms with E-state index in [9.17, 15) is 8.78 Å². The number of hydrogen-bond donors (Lipinski definition) is 2. The Bertz CT molecular complexity index is 557. The van der Waals surface area contributed by atoms with E-state index in [0.717, 1.165) is 18.2 Å². The molecule has 0 saturated heterocycles. The molecule has 0 radical (unpaired) electrons. The van der Waals surface area contributed by atoms with Gasteiger partial charge in [-0.3, -0.25) is 0 Å². The lowest BCUT2D eigenvalue weighted by molar-refractivity contribution is 0.602. The Morgan fingerprint density at radius 1 is 1.21 bits per heavy atom. The summed E-state index contributed by atoms with van der Waals surface area (Å²) >= 11 is 0. The first kappa shape index (κ1) is 13.4. The number of hydrogen-bond acceptors (Lipinski definition) is 4. The lowest BCUT2D eigenvalue weighted by Crippen LogP contribution is -2.25. The molecule has 0 saturated carbocycles. The van der Waals surface area contributed by atoms with Crippen LogP contribution >= 0.6 is 0 Å². The predicted molar refractivity (Wildman–Crippen MR) is 69.5 cm³/mol. The first-order valence-electron chi connectivity index (χ1n) is 5.86. The Labute approximate surface area is 109 Å². The Balaban J connectivity index is 2.25. The van der Waals surface area contributed by atoms with Crippen molar-refractivity contribution < 1.29 is 8.78 Å². The molecule has 2 aromatic rings. The monoisotopic (exact) mass is 264 g/mol. The molecule has 0 aliphatic carbocycles. The number of nitrogens with zero attached hydrogens (tertiary/aromatic N) is 2. The molecule has 1 atom stereocenters. The third-order valence-corrected chi connectivity index (χ3v) is 2.62. The maximum absolute atomic E-state index is 13.6. The summed E-state index contributed by atoms with van der Waals surface area (Å²) in [6, 6.07) is 6.51. The van der Waals surface area contributed by atoms with Crippen LogP contribution in [0.15, 0.2) is 30.3 Å². The summed E-state index contributed by atoms with van der Waals surface area (Å²) in [5.41, 5.74) is 5.84. The van der Waals surface area contributed by atoms with E-state index in [1.54, 1.807) is 12.1 Å². The zero-order chi connectivity index (χ0) is 13.8. The average Bonchev–Trinajstić information content (AvgIpc) is 2.42. The molecule has 0 fully saturated rings. The minimum Gasteiger partial charge on any atom is -0.365 e. The molecule has 0 aliphatic heterocycles. The number of aromatic nitrogens is 2. The summed E-state index contributed by atoms with van der Waals surface area (Å²) < 4.78 is 26.6. The van der Waals surface area contributed by atoms with Crippen molar-refractivity contribution in [1.82, 2.24) is 10.2 Å². The van der Waals surface area contributed by atoms with Crippen molar-refractivity contribution in [2.24, 2.45) is 5.73 Å². The van der Waals surface area contributed by atoms with Crippen molar-refractivity contribution in [3.8, 4) is 11.3 Å². The molecule has 1 unspecified atom stereocenters. The summed E-state index contributed by atoms with van der Waals surface area (Å²) in [7, 11) is 0. The maximum Gasteiger partial charge on any atom is 0.148 e. The van der Waals surface area contributed by atoms with Crippen molar-refractivity contribution in [2.75, 3.05) is 11.9 Å². The SMILES string of the molecule is CC(CN)Nc1ccc(-c2cc(F)ccc2F)nn1. The van der Waals surface area contributed by atoms with Crippen LogP contribution in [0.5, 0.6) is 0 Å². The van der Waals surface area contributed by atoms with Gasteiger partial charge in [0.15, 0.2) is 0 Å². The van der Waals surface area contributed by atoms with Crippen LogP contribution in [0.2, 0.25) is 0 Å². The van der Waals surface area contributed by atoms with E-state index in [4.69, 9.17) is 5.73 Å². The number of benzene rings is 1. The molecule has 3 N–H and O–H groups in total. The molecule has 0 amide bonds. The summed E-state index contributed by atoms with van der Waals surface area (Å²) in [4.78, 5) is 0. The summed E-state index contributed by atoms with van der Waals surface area (Å²) in [5, 5.41) is 10.8. The minimum absolute atomic E-state index is 0.0612. The second-order valence-electron chi connectivity index (χ2n) is 4.21. The van der Waals surface area contributed by atoms with Crippen LogP contribution in [-0.4, -0.2) is 22.8 Å². The van der Waals surface area contributed by atoms with Crippen molar-refractivity contribution in [3.63, 3.8) is 0 Å². The highest BCUT2D eigenvalue weighted by Gasteiger charge is 2.09. The molecule has 2 rings (SSSR count). The third kappa shape index (κ3) is 3.23. The third-order valence-electron chi connectivity index (χ3n) is 2.62. The van der Waals surface area contributed by atoms with Gasteiger partial charge in [0.25, 0.3) is 0 Å². The second-order valence-corrected chi connectivity index (χ2v) is 4.21. The first-order valence-corrected chi connectivity index (χ1v) is 5.86. The van der Waals surface area contributed by atoms with E-state index >= 15 is 0 Å². The highest BCUT2D eigenvalue weighted by Crippen LogP contribution is 2.21. The lowest BCUT2D eigenvalue weighted by atomic mass is 10.1. The number of anilines is 1. The Kier molecular flexibility index (Phi) is 4.01. The number of halogens is 2. The highest BCUT2D eigenvalue weighted by molar-refractivity contribution is 5.60. The molecular formula is C13H14F2N4. The topological polar surface area (TPSA) is 63.8 Å². The first-order chi connectivity index (χ1) is 9.10. The molecule has 0 bridgehead atoms. The van der Waals surface area contributed by atoms with Crippen LogP contribution in [0, 0.1) is 11.6 Å². The van der Waals surface area contributed by atoms with E-state index in [-0.39, 0.29) is 17.3 Å². The van der Waals surface area contributed by atoms with Crippen LogP contribution in [0.25, 0.3) is 11.3 Å². The van der Waals surface area contributed by atoms with Gasteiger partial charge in [0, 0.05) is 18.2 Å². The van der Waals surface area contributed by atoms with Gasteiger partial charge in [0.05, 0.1) is 5.69 Å². The molecule has 1 aromatic heterocycles. The molecule has 19 heavy (non-hydrogen) atoms. The minimum atomic E-state index is -0.535. The van der Waals surface area contributed by atoms with Gasteiger partial charge in [0.1, 0.15) is 17.5 Å². The van der Waals surface area contributed by atoms with Gasteiger partial charge in [-0.05, 0) is 37.3 Å². The molecular weight excluding hydrogens is 250 g/mol. The highest BCUT2D eigenvalue weighted by atomic mass is 19.1. The van der Waals surface area contributed by atoms with Crippen LogP contribution in [0.1, 0.15) is 6.92 Å². The van der Waals surface area contributed by atoms with E-state index < -0.39 is 11.6 Å². The molecule has 0 spiro atoms. The largest absolute Gasteiger partial charge is 0.365 e. The van der Waals surface area contributed by atoms with Gasteiger partial charge in [-0.15, -0.1) is 10.2 Å². The zero-order valence-corrected chi connectivity index (χ0v) is 10.4. The zero-order valence-electron chi connectivity index (χ0n) is 10.4. The molecule has 0 aliphatic rings. The summed E-state index contributed by atoms with van der Waals surface area (Å²) in [6.07, 6.45) is 0. The van der Waals surface area contributed by atoms with Gasteiger partial charge >= 0.3 is 0 Å². The molecule has 100 valence electrons. The lowest BCUT2D eigenvalue weighted by Gasteiger charge is -2.11. The van der Waals surface area contributed by atoms with Crippen LogP contribution in [0.3, 0.4) is 0 Å². The van der Waals surface area contributed by atoms with Gasteiger partial charge in [-0.25, -0.2) is 8.78 Å². The van der Waals surface area contributed by atoms with Crippen LogP contribution in [0.4, 0.5) is 14.6 Å². The standard InChI is InChI=1S/C13H14F2N4/c1-8(7-16)17-13-5-4-12(18-19-13)10-6-9(14)2-3-11(10)15/h2-6,8H,7,16H2,1H3,(H,17,19). The fourth-order valence-electron chi connectivity index (χ4n) is 1.56. The Hall–Kier alpha value is -2.08. The number of rotatable bonds is 4.